The predicted octanol–water partition coefficient (Wildman–Crippen LogP) is 4.09. The maximum atomic E-state index is 5.69. The van der Waals surface area contributed by atoms with Crippen molar-refractivity contribution in [3.05, 3.63) is 39.3 Å². The Kier molecular flexibility index (Phi) is 3.89. The van der Waals surface area contributed by atoms with E-state index in [2.05, 4.69) is 26.3 Å². The number of anilines is 1. The molecule has 0 saturated heterocycles. The van der Waals surface area contributed by atoms with Crippen molar-refractivity contribution in [2.45, 2.75) is 17.0 Å². The molecule has 0 spiro atoms. The number of rotatable bonds is 3. The second-order valence-corrected chi connectivity index (χ2v) is 6.33. The van der Waals surface area contributed by atoms with Crippen LogP contribution in [0.1, 0.15) is 11.3 Å². The van der Waals surface area contributed by atoms with Crippen LogP contribution in [0.3, 0.4) is 0 Å². The molecule has 0 amide bonds. The number of nitrogens with zero attached hydrogens (tertiary/aromatic N) is 1. The number of thioether (sulfide) groups is 1. The number of nitrogen functional groups attached to an aromatic ring is 1. The van der Waals surface area contributed by atoms with Crippen LogP contribution in [0, 0.1) is 6.92 Å². The molecule has 16 heavy (non-hydrogen) atoms. The molecular weight excluding hydrogens is 304 g/mol. The molecule has 0 bridgehead atoms. The van der Waals surface area contributed by atoms with Crippen LogP contribution in [-0.2, 0) is 5.75 Å². The first kappa shape index (κ1) is 12.0. The van der Waals surface area contributed by atoms with Gasteiger partial charge in [0.05, 0.1) is 0 Å². The number of hydrogen-bond donors (Lipinski definition) is 1. The molecule has 0 radical (unpaired) electrons. The lowest BCUT2D eigenvalue weighted by Gasteiger charge is -2.03. The molecular formula is C11H11BrN2S2. The van der Waals surface area contributed by atoms with Crippen LogP contribution in [0.25, 0.3) is 0 Å². The Labute approximate surface area is 111 Å². The summed E-state index contributed by atoms with van der Waals surface area (Å²) in [6, 6.07) is 5.91. The number of benzene rings is 1. The molecule has 2 nitrogen and oxygen atoms in total. The number of aryl methyl sites for hydroxylation is 1. The van der Waals surface area contributed by atoms with E-state index in [0.717, 1.165) is 25.9 Å². The summed E-state index contributed by atoms with van der Waals surface area (Å²) in [5.74, 6) is 0.911. The molecule has 1 aromatic carbocycles. The van der Waals surface area contributed by atoms with E-state index in [9.17, 15) is 0 Å². The topological polar surface area (TPSA) is 38.9 Å². The Morgan fingerprint density at radius 2 is 2.31 bits per heavy atom. The van der Waals surface area contributed by atoms with Gasteiger partial charge in [0, 0.05) is 27.0 Å². The lowest BCUT2D eigenvalue weighted by molar-refractivity contribution is 1.16. The minimum Gasteiger partial charge on any atom is -0.399 e. The lowest BCUT2D eigenvalue weighted by Crippen LogP contribution is -1.88. The zero-order chi connectivity index (χ0) is 11.5. The van der Waals surface area contributed by atoms with E-state index in [1.807, 2.05) is 25.1 Å². The summed E-state index contributed by atoms with van der Waals surface area (Å²) in [7, 11) is 0. The minimum absolute atomic E-state index is 0.783. The normalized spacial score (nSPS) is 10.6. The van der Waals surface area contributed by atoms with Gasteiger partial charge in [0.15, 0.2) is 0 Å². The Morgan fingerprint density at radius 1 is 1.50 bits per heavy atom. The van der Waals surface area contributed by atoms with E-state index in [0.29, 0.717) is 0 Å². The van der Waals surface area contributed by atoms with Crippen molar-refractivity contribution < 1.29 is 0 Å². The third-order valence-corrected chi connectivity index (χ3v) is 4.95. The maximum absolute atomic E-state index is 5.69. The molecule has 2 N–H and O–H groups in total. The van der Waals surface area contributed by atoms with Gasteiger partial charge >= 0.3 is 0 Å². The van der Waals surface area contributed by atoms with Crippen molar-refractivity contribution in [2.75, 3.05) is 5.73 Å². The van der Waals surface area contributed by atoms with Crippen molar-refractivity contribution in [3.63, 3.8) is 0 Å². The standard InChI is InChI=1S/C11H11BrN2S2/c1-7-5-15-11(14-7)16-6-8-2-3-9(13)4-10(8)12/h2-5H,6,13H2,1H3. The van der Waals surface area contributed by atoms with Crippen molar-refractivity contribution in [1.82, 2.24) is 4.98 Å². The van der Waals surface area contributed by atoms with Gasteiger partial charge in [0.1, 0.15) is 4.34 Å². The first-order chi connectivity index (χ1) is 7.65. The first-order valence-corrected chi connectivity index (χ1v) is 7.40. The number of halogens is 1. The second-order valence-electron chi connectivity index (χ2n) is 3.39. The summed E-state index contributed by atoms with van der Waals surface area (Å²) in [5.41, 5.74) is 8.80. The van der Waals surface area contributed by atoms with Gasteiger partial charge in [-0.2, -0.15) is 0 Å². The van der Waals surface area contributed by atoms with E-state index in [-0.39, 0.29) is 0 Å². The zero-order valence-corrected chi connectivity index (χ0v) is 12.0. The second kappa shape index (κ2) is 5.21. The highest BCUT2D eigenvalue weighted by Gasteiger charge is 2.04. The zero-order valence-electron chi connectivity index (χ0n) is 8.74. The summed E-state index contributed by atoms with van der Waals surface area (Å²) in [6.45, 7) is 2.01. The maximum Gasteiger partial charge on any atom is 0.150 e. The molecule has 0 fully saturated rings. The Morgan fingerprint density at radius 3 is 2.94 bits per heavy atom. The molecule has 0 saturated carbocycles. The highest BCUT2D eigenvalue weighted by molar-refractivity contribution is 9.10. The smallest absolute Gasteiger partial charge is 0.150 e. The van der Waals surface area contributed by atoms with Gasteiger partial charge in [0.2, 0.25) is 0 Å². The quantitative estimate of drug-likeness (QED) is 0.685. The summed E-state index contributed by atoms with van der Waals surface area (Å²) >= 11 is 6.96. The van der Waals surface area contributed by atoms with Gasteiger partial charge < -0.3 is 5.73 Å². The van der Waals surface area contributed by atoms with Gasteiger partial charge in [-0.25, -0.2) is 4.98 Å². The fraction of sp³-hybridized carbons (Fsp3) is 0.182. The minimum atomic E-state index is 0.783. The average Bonchev–Trinajstić information content (AvgIpc) is 2.63. The van der Waals surface area contributed by atoms with Gasteiger partial charge in [-0.15, -0.1) is 11.3 Å². The Balaban J connectivity index is 2.04. The van der Waals surface area contributed by atoms with Crippen LogP contribution in [0.15, 0.2) is 32.4 Å². The van der Waals surface area contributed by atoms with E-state index < -0.39 is 0 Å². The van der Waals surface area contributed by atoms with Crippen LogP contribution in [-0.4, -0.2) is 4.98 Å². The van der Waals surface area contributed by atoms with Gasteiger partial charge in [-0.3, -0.25) is 0 Å². The molecule has 0 unspecified atom stereocenters. The predicted molar refractivity (Wildman–Crippen MR) is 75.0 cm³/mol. The number of nitrogens with two attached hydrogens (primary N) is 1. The first-order valence-electron chi connectivity index (χ1n) is 4.74. The molecule has 1 heterocycles. The SMILES string of the molecule is Cc1csc(SCc2ccc(N)cc2Br)n1. The van der Waals surface area contributed by atoms with E-state index in [4.69, 9.17) is 5.73 Å². The van der Waals surface area contributed by atoms with Gasteiger partial charge in [0.25, 0.3) is 0 Å². The monoisotopic (exact) mass is 314 g/mol. The van der Waals surface area contributed by atoms with Crippen LogP contribution in [0.5, 0.6) is 0 Å². The highest BCUT2D eigenvalue weighted by atomic mass is 79.9. The molecule has 2 rings (SSSR count). The third-order valence-electron chi connectivity index (χ3n) is 2.03. The van der Waals surface area contributed by atoms with Crippen LogP contribution < -0.4 is 5.73 Å². The van der Waals surface area contributed by atoms with Crippen LogP contribution in [0.2, 0.25) is 0 Å². The van der Waals surface area contributed by atoms with Crippen LogP contribution >= 0.6 is 39.0 Å². The molecule has 2 aromatic rings. The molecule has 1 aromatic heterocycles. The summed E-state index contributed by atoms with van der Waals surface area (Å²) in [6.07, 6.45) is 0. The fourth-order valence-corrected chi connectivity index (χ4v) is 3.79. The summed E-state index contributed by atoms with van der Waals surface area (Å²) in [4.78, 5) is 4.41. The molecule has 0 atom stereocenters. The van der Waals surface area contributed by atoms with Crippen molar-refractivity contribution in [2.24, 2.45) is 0 Å². The Bertz CT molecular complexity index is 496. The van der Waals surface area contributed by atoms with Crippen LogP contribution in [0.4, 0.5) is 5.69 Å². The molecule has 84 valence electrons. The van der Waals surface area contributed by atoms with E-state index >= 15 is 0 Å². The van der Waals surface area contributed by atoms with E-state index in [1.54, 1.807) is 23.1 Å². The van der Waals surface area contributed by atoms with Crippen molar-refractivity contribution >= 4 is 44.7 Å². The Hall–Kier alpha value is -0.520. The largest absolute Gasteiger partial charge is 0.399 e. The van der Waals surface area contributed by atoms with Gasteiger partial charge in [-0.05, 0) is 24.6 Å². The molecule has 0 aliphatic heterocycles. The number of hydrogen-bond acceptors (Lipinski definition) is 4. The fourth-order valence-electron chi connectivity index (χ4n) is 1.22. The van der Waals surface area contributed by atoms with E-state index in [1.165, 1.54) is 5.56 Å². The number of thiazole rings is 1. The van der Waals surface area contributed by atoms with Gasteiger partial charge in [-0.1, -0.05) is 33.8 Å². The molecule has 0 aliphatic carbocycles. The third kappa shape index (κ3) is 2.99. The summed E-state index contributed by atoms with van der Waals surface area (Å²) < 4.78 is 2.18. The number of aromatic nitrogens is 1. The lowest BCUT2D eigenvalue weighted by atomic mass is 10.2. The molecule has 0 aliphatic rings. The highest BCUT2D eigenvalue weighted by Crippen LogP contribution is 2.29. The van der Waals surface area contributed by atoms with Crippen molar-refractivity contribution in [3.8, 4) is 0 Å². The summed E-state index contributed by atoms with van der Waals surface area (Å²) in [5, 5.41) is 2.07. The van der Waals surface area contributed by atoms with Crippen molar-refractivity contribution in [1.29, 1.82) is 0 Å². The molecule has 5 heteroatoms. The average molecular weight is 315 g/mol.